The molecule has 0 aliphatic heterocycles. The van der Waals surface area contributed by atoms with E-state index in [1.54, 1.807) is 0 Å². The van der Waals surface area contributed by atoms with Crippen molar-refractivity contribution in [2.45, 2.75) is 46.1 Å². The molecule has 116 valence electrons. The van der Waals surface area contributed by atoms with Gasteiger partial charge >= 0.3 is 12.0 Å². The zero-order valence-electron chi connectivity index (χ0n) is 13.1. The fourth-order valence-corrected chi connectivity index (χ4v) is 1.96. The molecule has 1 aromatic carbocycles. The van der Waals surface area contributed by atoms with E-state index >= 15 is 0 Å². The van der Waals surface area contributed by atoms with E-state index in [0.717, 1.165) is 0 Å². The average Bonchev–Trinajstić information content (AvgIpc) is 2.38. The molecule has 5 heteroatoms. The summed E-state index contributed by atoms with van der Waals surface area (Å²) in [6.45, 7) is 8.15. The number of hydrogen-bond donors (Lipinski definition) is 2. The van der Waals surface area contributed by atoms with Crippen LogP contribution >= 0.6 is 0 Å². The number of nitrogens with one attached hydrogen (secondary N) is 1. The molecule has 5 nitrogen and oxygen atoms in total. The molecule has 0 saturated heterocycles. The van der Waals surface area contributed by atoms with Gasteiger partial charge in [-0.05, 0) is 37.5 Å². The summed E-state index contributed by atoms with van der Waals surface area (Å²) in [4.78, 5) is 24.4. The Kier molecular flexibility index (Phi) is 6.21. The normalized spacial score (nSPS) is 10.8. The van der Waals surface area contributed by atoms with Crippen LogP contribution in [0.15, 0.2) is 24.3 Å². The van der Waals surface area contributed by atoms with Crippen LogP contribution < -0.4 is 5.32 Å². The predicted octanol–water partition coefficient (Wildman–Crippen LogP) is 3.53. The summed E-state index contributed by atoms with van der Waals surface area (Å²) < 4.78 is 0. The lowest BCUT2D eigenvalue weighted by Gasteiger charge is -2.26. The van der Waals surface area contributed by atoms with Crippen molar-refractivity contribution >= 4 is 17.7 Å². The van der Waals surface area contributed by atoms with Gasteiger partial charge in [0.15, 0.2) is 0 Å². The van der Waals surface area contributed by atoms with Crippen LogP contribution in [0.4, 0.5) is 10.5 Å². The number of carboxylic acid groups (broad SMARTS) is 1. The van der Waals surface area contributed by atoms with Crippen LogP contribution in [0.1, 0.15) is 45.6 Å². The smallest absolute Gasteiger partial charge is 0.322 e. The average molecular weight is 292 g/mol. The summed E-state index contributed by atoms with van der Waals surface area (Å²) in [6.07, 6.45) is -0.0577. The maximum absolute atomic E-state index is 12.2. The molecule has 0 atom stereocenters. The van der Waals surface area contributed by atoms with Crippen molar-refractivity contribution in [1.29, 1.82) is 0 Å². The van der Waals surface area contributed by atoms with Gasteiger partial charge in [0, 0.05) is 18.3 Å². The summed E-state index contributed by atoms with van der Waals surface area (Å²) in [5.74, 6) is -0.466. The van der Waals surface area contributed by atoms with Gasteiger partial charge in [0.1, 0.15) is 0 Å². The van der Waals surface area contributed by atoms with Gasteiger partial charge < -0.3 is 15.3 Å². The quantitative estimate of drug-likeness (QED) is 0.842. The number of benzene rings is 1. The van der Waals surface area contributed by atoms with Crippen molar-refractivity contribution in [1.82, 2.24) is 4.90 Å². The minimum Gasteiger partial charge on any atom is -0.481 e. The molecular weight excluding hydrogens is 268 g/mol. The van der Waals surface area contributed by atoms with Crippen LogP contribution in [0.3, 0.4) is 0 Å². The highest BCUT2D eigenvalue weighted by Gasteiger charge is 2.18. The van der Waals surface area contributed by atoms with Crippen LogP contribution in [0.2, 0.25) is 0 Å². The van der Waals surface area contributed by atoms with Gasteiger partial charge in [-0.25, -0.2) is 4.79 Å². The second kappa shape index (κ2) is 7.67. The van der Waals surface area contributed by atoms with Gasteiger partial charge in [0.25, 0.3) is 0 Å². The van der Waals surface area contributed by atoms with E-state index in [1.807, 2.05) is 38.1 Å². The number of nitrogens with zero attached hydrogens (tertiary/aromatic N) is 1. The lowest BCUT2D eigenvalue weighted by atomic mass is 10.0. The molecule has 0 aliphatic rings. The number of rotatable bonds is 6. The van der Waals surface area contributed by atoms with Gasteiger partial charge in [0.05, 0.1) is 6.42 Å². The summed E-state index contributed by atoms with van der Waals surface area (Å²) in [7, 11) is 0. The minimum absolute atomic E-state index is 0.0562. The Balaban J connectivity index is 2.70. The van der Waals surface area contributed by atoms with Crippen molar-refractivity contribution < 1.29 is 14.7 Å². The molecule has 1 rings (SSSR count). The largest absolute Gasteiger partial charge is 0.481 e. The van der Waals surface area contributed by atoms with Crippen molar-refractivity contribution in [3.05, 3.63) is 29.8 Å². The Morgan fingerprint density at radius 2 is 1.71 bits per heavy atom. The Hall–Kier alpha value is -2.04. The lowest BCUT2D eigenvalue weighted by molar-refractivity contribution is -0.137. The van der Waals surface area contributed by atoms with Crippen molar-refractivity contribution in [2.75, 3.05) is 11.9 Å². The Labute approximate surface area is 126 Å². The molecule has 0 spiro atoms. The second-order valence-electron chi connectivity index (χ2n) is 5.64. The number of carbonyl (C=O) groups is 2. The fraction of sp³-hybridized carbons (Fsp3) is 0.500. The van der Waals surface area contributed by atoms with Gasteiger partial charge in [-0.3, -0.25) is 4.79 Å². The van der Waals surface area contributed by atoms with Crippen LogP contribution in [-0.2, 0) is 4.79 Å². The molecule has 1 aromatic rings. The highest BCUT2D eigenvalue weighted by molar-refractivity contribution is 5.89. The van der Waals surface area contributed by atoms with Crippen molar-refractivity contribution in [3.63, 3.8) is 0 Å². The van der Waals surface area contributed by atoms with Gasteiger partial charge in [-0.15, -0.1) is 0 Å². The first-order valence-corrected chi connectivity index (χ1v) is 7.20. The van der Waals surface area contributed by atoms with Gasteiger partial charge in [-0.1, -0.05) is 26.0 Å². The number of urea groups is 1. The summed E-state index contributed by atoms with van der Waals surface area (Å²) in [5.41, 5.74) is 1.92. The Morgan fingerprint density at radius 1 is 1.14 bits per heavy atom. The number of hydrogen-bond acceptors (Lipinski definition) is 2. The highest BCUT2D eigenvalue weighted by Crippen LogP contribution is 2.17. The topological polar surface area (TPSA) is 69.6 Å². The lowest BCUT2D eigenvalue weighted by Crippen LogP contribution is -2.41. The van der Waals surface area contributed by atoms with E-state index < -0.39 is 5.97 Å². The Bertz CT molecular complexity index is 481. The van der Waals surface area contributed by atoms with Crippen LogP contribution in [0.25, 0.3) is 0 Å². The number of aliphatic carboxylic acids is 1. The first-order valence-electron chi connectivity index (χ1n) is 7.20. The third-order valence-corrected chi connectivity index (χ3v) is 3.28. The zero-order chi connectivity index (χ0) is 16.0. The summed E-state index contributed by atoms with van der Waals surface area (Å²) >= 11 is 0. The number of anilines is 1. The predicted molar refractivity (Wildman–Crippen MR) is 83.6 cm³/mol. The SMILES string of the molecule is CC(C)c1ccc(NC(=O)N(CCC(=O)O)C(C)C)cc1. The van der Waals surface area contributed by atoms with Gasteiger partial charge in [0.2, 0.25) is 0 Å². The molecule has 0 unspecified atom stereocenters. The van der Waals surface area contributed by atoms with E-state index in [-0.39, 0.29) is 25.0 Å². The molecule has 0 aromatic heterocycles. The van der Waals surface area contributed by atoms with Crippen molar-refractivity contribution in [2.24, 2.45) is 0 Å². The molecule has 21 heavy (non-hydrogen) atoms. The molecule has 2 amide bonds. The van der Waals surface area contributed by atoms with E-state index in [9.17, 15) is 9.59 Å². The molecule has 0 heterocycles. The highest BCUT2D eigenvalue weighted by atomic mass is 16.4. The molecule has 0 bridgehead atoms. The first kappa shape index (κ1) is 17.0. The van der Waals surface area contributed by atoms with E-state index in [4.69, 9.17) is 5.11 Å². The van der Waals surface area contributed by atoms with Crippen LogP contribution in [-0.4, -0.2) is 34.6 Å². The number of carbonyl (C=O) groups excluding carboxylic acids is 1. The van der Waals surface area contributed by atoms with Gasteiger partial charge in [-0.2, -0.15) is 0 Å². The van der Waals surface area contributed by atoms with E-state index in [0.29, 0.717) is 11.6 Å². The van der Waals surface area contributed by atoms with Crippen LogP contribution in [0.5, 0.6) is 0 Å². The molecular formula is C16H24N2O3. The fourth-order valence-electron chi connectivity index (χ4n) is 1.96. The molecule has 0 radical (unpaired) electrons. The minimum atomic E-state index is -0.908. The molecule has 0 saturated carbocycles. The second-order valence-corrected chi connectivity index (χ2v) is 5.64. The zero-order valence-corrected chi connectivity index (χ0v) is 13.1. The third kappa shape index (κ3) is 5.45. The number of carboxylic acids is 1. The van der Waals surface area contributed by atoms with E-state index in [1.165, 1.54) is 10.5 Å². The molecule has 2 N–H and O–H groups in total. The summed E-state index contributed by atoms with van der Waals surface area (Å²) in [5, 5.41) is 11.5. The maximum atomic E-state index is 12.2. The van der Waals surface area contributed by atoms with Crippen LogP contribution in [0, 0.1) is 0 Å². The van der Waals surface area contributed by atoms with Crippen molar-refractivity contribution in [3.8, 4) is 0 Å². The summed E-state index contributed by atoms with van der Waals surface area (Å²) in [6, 6.07) is 7.36. The molecule has 0 fully saturated rings. The first-order chi connectivity index (χ1) is 9.81. The monoisotopic (exact) mass is 292 g/mol. The maximum Gasteiger partial charge on any atom is 0.322 e. The Morgan fingerprint density at radius 3 is 2.14 bits per heavy atom. The molecule has 0 aliphatic carbocycles. The third-order valence-electron chi connectivity index (χ3n) is 3.28. The number of amides is 2. The van der Waals surface area contributed by atoms with E-state index in [2.05, 4.69) is 19.2 Å². The standard InChI is InChI=1S/C16H24N2O3/c1-11(2)13-5-7-14(8-6-13)17-16(21)18(12(3)4)10-9-15(19)20/h5-8,11-12H,9-10H2,1-4H3,(H,17,21)(H,19,20).